The van der Waals surface area contributed by atoms with Gasteiger partial charge in [-0.15, -0.1) is 11.3 Å². The van der Waals surface area contributed by atoms with E-state index in [0.29, 0.717) is 35.0 Å². The molecule has 0 unspecified atom stereocenters. The molecule has 4 rings (SSSR count). The standard InChI is InChI=1S/C21H18FN3OS/c1-2-24(12-15-7-4-3-5-8-15)20(26)19-14-27-21-23-18(13-25(19)21)16-9-6-10-17(22)11-16/h3-11,13-14H,2,12H2,1H3. The number of hydrogen-bond donors (Lipinski definition) is 0. The zero-order valence-electron chi connectivity index (χ0n) is 14.8. The number of benzene rings is 2. The number of aromatic nitrogens is 2. The van der Waals surface area contributed by atoms with Gasteiger partial charge in [-0.3, -0.25) is 9.20 Å². The fourth-order valence-electron chi connectivity index (χ4n) is 3.02. The number of halogens is 1. The summed E-state index contributed by atoms with van der Waals surface area (Å²) in [5, 5.41) is 1.83. The maximum absolute atomic E-state index is 13.5. The van der Waals surface area contributed by atoms with E-state index in [-0.39, 0.29) is 11.7 Å². The highest BCUT2D eigenvalue weighted by Gasteiger charge is 2.20. The van der Waals surface area contributed by atoms with E-state index in [1.807, 2.05) is 48.7 Å². The number of amides is 1. The maximum Gasteiger partial charge on any atom is 0.272 e. The molecule has 0 aliphatic heterocycles. The Bertz CT molecular complexity index is 1090. The lowest BCUT2D eigenvalue weighted by Gasteiger charge is -2.20. The minimum atomic E-state index is -0.305. The van der Waals surface area contributed by atoms with E-state index in [2.05, 4.69) is 4.98 Å². The molecule has 27 heavy (non-hydrogen) atoms. The molecule has 4 aromatic rings. The normalized spacial score (nSPS) is 11.0. The second kappa shape index (κ2) is 7.32. The summed E-state index contributed by atoms with van der Waals surface area (Å²) in [6.45, 7) is 3.13. The zero-order valence-corrected chi connectivity index (χ0v) is 15.6. The first-order chi connectivity index (χ1) is 13.2. The molecule has 0 N–H and O–H groups in total. The van der Waals surface area contributed by atoms with Crippen LogP contribution in [-0.4, -0.2) is 26.7 Å². The SMILES string of the molecule is CCN(Cc1ccccc1)C(=O)c1csc2nc(-c3cccc(F)c3)cn12. The van der Waals surface area contributed by atoms with Gasteiger partial charge in [0.25, 0.3) is 5.91 Å². The highest BCUT2D eigenvalue weighted by atomic mass is 32.1. The van der Waals surface area contributed by atoms with Gasteiger partial charge in [-0.05, 0) is 24.6 Å². The van der Waals surface area contributed by atoms with Crippen molar-refractivity contribution in [3.63, 3.8) is 0 Å². The molecule has 136 valence electrons. The third-order valence-corrected chi connectivity index (χ3v) is 5.27. The molecule has 2 heterocycles. The van der Waals surface area contributed by atoms with Crippen molar-refractivity contribution in [3.05, 3.63) is 83.2 Å². The van der Waals surface area contributed by atoms with E-state index >= 15 is 0 Å². The van der Waals surface area contributed by atoms with Crippen molar-refractivity contribution >= 4 is 22.2 Å². The van der Waals surface area contributed by atoms with Crippen LogP contribution in [0.3, 0.4) is 0 Å². The molecule has 0 atom stereocenters. The van der Waals surface area contributed by atoms with Gasteiger partial charge in [0.2, 0.25) is 0 Å². The molecule has 0 aliphatic rings. The predicted octanol–water partition coefficient (Wildman–Crippen LogP) is 4.86. The van der Waals surface area contributed by atoms with Gasteiger partial charge in [-0.1, -0.05) is 42.5 Å². The van der Waals surface area contributed by atoms with E-state index < -0.39 is 0 Å². The minimum Gasteiger partial charge on any atom is -0.333 e. The zero-order chi connectivity index (χ0) is 18.8. The summed E-state index contributed by atoms with van der Waals surface area (Å²) in [4.78, 5) is 20.1. The first-order valence-corrected chi connectivity index (χ1v) is 9.59. The summed E-state index contributed by atoms with van der Waals surface area (Å²) in [6.07, 6.45) is 1.80. The van der Waals surface area contributed by atoms with E-state index in [1.165, 1.54) is 23.5 Å². The van der Waals surface area contributed by atoms with Crippen LogP contribution in [0.4, 0.5) is 4.39 Å². The monoisotopic (exact) mass is 379 g/mol. The largest absolute Gasteiger partial charge is 0.333 e. The first-order valence-electron chi connectivity index (χ1n) is 8.71. The highest BCUT2D eigenvalue weighted by Crippen LogP contribution is 2.25. The fourth-order valence-corrected chi connectivity index (χ4v) is 3.86. The van der Waals surface area contributed by atoms with Crippen LogP contribution in [0.5, 0.6) is 0 Å². The lowest BCUT2D eigenvalue weighted by atomic mass is 10.2. The van der Waals surface area contributed by atoms with Gasteiger partial charge in [0.1, 0.15) is 11.5 Å². The molecule has 2 aromatic heterocycles. The quantitative estimate of drug-likeness (QED) is 0.496. The number of hydrogen-bond acceptors (Lipinski definition) is 3. The second-order valence-electron chi connectivity index (χ2n) is 6.21. The topological polar surface area (TPSA) is 37.6 Å². The van der Waals surface area contributed by atoms with Crippen LogP contribution in [0.1, 0.15) is 23.0 Å². The van der Waals surface area contributed by atoms with Crippen molar-refractivity contribution in [2.45, 2.75) is 13.5 Å². The van der Waals surface area contributed by atoms with Crippen LogP contribution < -0.4 is 0 Å². The maximum atomic E-state index is 13.5. The van der Waals surface area contributed by atoms with Crippen LogP contribution in [0, 0.1) is 5.82 Å². The average molecular weight is 379 g/mol. The van der Waals surface area contributed by atoms with Gasteiger partial charge >= 0.3 is 0 Å². The molecule has 1 amide bonds. The summed E-state index contributed by atoms with van der Waals surface area (Å²) in [6, 6.07) is 16.2. The highest BCUT2D eigenvalue weighted by molar-refractivity contribution is 7.15. The van der Waals surface area contributed by atoms with Gasteiger partial charge < -0.3 is 4.90 Å². The third kappa shape index (κ3) is 3.48. The number of carbonyl (C=O) groups excluding carboxylic acids is 1. The Labute approximate surface area is 160 Å². The average Bonchev–Trinajstić information content (AvgIpc) is 3.27. The Morgan fingerprint density at radius 2 is 2.00 bits per heavy atom. The van der Waals surface area contributed by atoms with Crippen molar-refractivity contribution in [3.8, 4) is 11.3 Å². The number of rotatable bonds is 5. The predicted molar refractivity (Wildman–Crippen MR) is 105 cm³/mol. The fraction of sp³-hybridized carbons (Fsp3) is 0.143. The van der Waals surface area contributed by atoms with Crippen molar-refractivity contribution in [2.75, 3.05) is 6.54 Å². The van der Waals surface area contributed by atoms with Gasteiger partial charge in [0.05, 0.1) is 5.69 Å². The summed E-state index contributed by atoms with van der Waals surface area (Å²) < 4.78 is 15.3. The lowest BCUT2D eigenvalue weighted by Crippen LogP contribution is -2.31. The van der Waals surface area contributed by atoms with Crippen LogP contribution in [-0.2, 0) is 6.54 Å². The summed E-state index contributed by atoms with van der Waals surface area (Å²) in [5.74, 6) is -0.351. The number of carbonyl (C=O) groups is 1. The molecule has 0 saturated heterocycles. The van der Waals surface area contributed by atoms with Crippen molar-refractivity contribution in [1.82, 2.24) is 14.3 Å². The Kier molecular flexibility index (Phi) is 4.73. The molecule has 0 spiro atoms. The summed E-state index contributed by atoms with van der Waals surface area (Å²) in [5.41, 5.74) is 3.01. The smallest absolute Gasteiger partial charge is 0.272 e. The van der Waals surface area contributed by atoms with Crippen LogP contribution in [0.25, 0.3) is 16.2 Å². The Hall–Kier alpha value is -2.99. The number of fused-ring (bicyclic) bond motifs is 1. The lowest BCUT2D eigenvalue weighted by molar-refractivity contribution is 0.0746. The molecule has 6 heteroatoms. The molecule has 0 aliphatic carbocycles. The molecular formula is C21H18FN3OS. The Morgan fingerprint density at radius 1 is 1.19 bits per heavy atom. The second-order valence-corrected chi connectivity index (χ2v) is 7.05. The van der Waals surface area contributed by atoms with Crippen molar-refractivity contribution in [1.29, 1.82) is 0 Å². The van der Waals surface area contributed by atoms with E-state index in [0.717, 1.165) is 5.56 Å². The van der Waals surface area contributed by atoms with Gasteiger partial charge in [-0.25, -0.2) is 9.37 Å². The third-order valence-electron chi connectivity index (χ3n) is 4.43. The molecule has 4 nitrogen and oxygen atoms in total. The molecular weight excluding hydrogens is 361 g/mol. The Morgan fingerprint density at radius 3 is 2.74 bits per heavy atom. The first kappa shape index (κ1) is 17.4. The number of nitrogens with zero attached hydrogens (tertiary/aromatic N) is 3. The van der Waals surface area contributed by atoms with Crippen LogP contribution in [0.2, 0.25) is 0 Å². The molecule has 0 radical (unpaired) electrons. The minimum absolute atomic E-state index is 0.0456. The molecule has 0 saturated carbocycles. The van der Waals surface area contributed by atoms with E-state index in [1.54, 1.807) is 21.6 Å². The molecule has 0 fully saturated rings. The van der Waals surface area contributed by atoms with Gasteiger partial charge in [0.15, 0.2) is 4.96 Å². The molecule has 2 aromatic carbocycles. The Balaban J connectivity index is 1.65. The van der Waals surface area contributed by atoms with Gasteiger partial charge in [0, 0.05) is 30.2 Å². The van der Waals surface area contributed by atoms with Crippen LogP contribution in [0.15, 0.2) is 66.2 Å². The van der Waals surface area contributed by atoms with Crippen LogP contribution >= 0.6 is 11.3 Å². The van der Waals surface area contributed by atoms with Crippen molar-refractivity contribution < 1.29 is 9.18 Å². The number of thiazole rings is 1. The molecule has 0 bridgehead atoms. The van der Waals surface area contributed by atoms with Gasteiger partial charge in [-0.2, -0.15) is 0 Å². The summed E-state index contributed by atoms with van der Waals surface area (Å²) >= 11 is 1.41. The summed E-state index contributed by atoms with van der Waals surface area (Å²) in [7, 11) is 0. The van der Waals surface area contributed by atoms with E-state index in [4.69, 9.17) is 0 Å². The number of imidazole rings is 1. The van der Waals surface area contributed by atoms with Crippen molar-refractivity contribution in [2.24, 2.45) is 0 Å². The van der Waals surface area contributed by atoms with E-state index in [9.17, 15) is 9.18 Å².